The van der Waals surface area contributed by atoms with Crippen molar-refractivity contribution in [3.05, 3.63) is 42.6 Å². The molecule has 2 aliphatic heterocycles. The third-order valence-electron chi connectivity index (χ3n) is 5.85. The average Bonchev–Trinajstić information content (AvgIpc) is 3.10. The maximum Gasteiger partial charge on any atom is 0.270 e. The Morgan fingerprint density at radius 3 is 2.77 bits per heavy atom. The highest BCUT2D eigenvalue weighted by Gasteiger charge is 2.30. The molecule has 0 N–H and O–H groups in total. The molecule has 0 saturated carbocycles. The van der Waals surface area contributed by atoms with Gasteiger partial charge in [-0.15, -0.1) is 0 Å². The largest absolute Gasteiger partial charge is 0.489 e. The first kappa shape index (κ1) is 20.9. The van der Waals surface area contributed by atoms with Crippen molar-refractivity contribution >= 4 is 16.8 Å². The molecule has 2 aromatic rings. The smallest absolute Gasteiger partial charge is 0.270 e. The first-order valence-corrected chi connectivity index (χ1v) is 11.0. The van der Waals surface area contributed by atoms with Crippen molar-refractivity contribution in [3.8, 4) is 5.75 Å². The Morgan fingerprint density at radius 1 is 1.27 bits per heavy atom. The molecule has 2 aliphatic rings. The number of hydrogen-bond donors (Lipinski definition) is 0. The highest BCUT2D eigenvalue weighted by Crippen LogP contribution is 2.31. The van der Waals surface area contributed by atoms with E-state index in [9.17, 15) is 4.79 Å². The van der Waals surface area contributed by atoms with Crippen LogP contribution >= 0.6 is 0 Å². The van der Waals surface area contributed by atoms with Crippen molar-refractivity contribution in [1.29, 1.82) is 0 Å². The van der Waals surface area contributed by atoms with Crippen molar-refractivity contribution in [2.45, 2.75) is 58.0 Å². The lowest BCUT2D eigenvalue weighted by molar-refractivity contribution is -0.0589. The van der Waals surface area contributed by atoms with E-state index in [4.69, 9.17) is 14.2 Å². The van der Waals surface area contributed by atoms with Crippen molar-refractivity contribution < 1.29 is 19.0 Å². The molecule has 0 aliphatic carbocycles. The Hall–Kier alpha value is -2.31. The molecule has 0 bridgehead atoms. The second-order valence-electron chi connectivity index (χ2n) is 8.38. The SMILES string of the molecule is C=CCOc1cccc2c1cc(C(=O)N1CC(C)OC(C)C1)n2CC1CCCCO1. The van der Waals surface area contributed by atoms with Gasteiger partial charge in [-0.3, -0.25) is 4.79 Å². The number of aromatic nitrogens is 1. The molecule has 3 heterocycles. The predicted octanol–water partition coefficient (Wildman–Crippen LogP) is 4.02. The van der Waals surface area contributed by atoms with Crippen molar-refractivity contribution in [2.24, 2.45) is 0 Å². The lowest BCUT2D eigenvalue weighted by Gasteiger charge is -2.35. The molecule has 4 rings (SSSR count). The van der Waals surface area contributed by atoms with E-state index < -0.39 is 0 Å². The lowest BCUT2D eigenvalue weighted by Crippen LogP contribution is -2.48. The number of benzene rings is 1. The molecule has 3 unspecified atom stereocenters. The van der Waals surface area contributed by atoms with Crippen LogP contribution in [-0.2, 0) is 16.0 Å². The summed E-state index contributed by atoms with van der Waals surface area (Å²) in [5, 5.41) is 0.952. The van der Waals surface area contributed by atoms with Crippen LogP contribution in [0.15, 0.2) is 36.9 Å². The fourth-order valence-electron chi connectivity index (χ4n) is 4.57. The van der Waals surface area contributed by atoms with E-state index in [1.807, 2.05) is 36.9 Å². The minimum atomic E-state index is 0.0312. The highest BCUT2D eigenvalue weighted by molar-refractivity contribution is 6.00. The summed E-state index contributed by atoms with van der Waals surface area (Å²) in [4.78, 5) is 15.5. The molecule has 0 spiro atoms. The molecule has 1 aromatic heterocycles. The summed E-state index contributed by atoms with van der Waals surface area (Å²) >= 11 is 0. The second-order valence-corrected chi connectivity index (χ2v) is 8.38. The first-order valence-electron chi connectivity index (χ1n) is 11.0. The van der Waals surface area contributed by atoms with Crippen LogP contribution < -0.4 is 4.74 Å². The van der Waals surface area contributed by atoms with Crippen LogP contribution in [0.5, 0.6) is 5.75 Å². The number of amides is 1. The van der Waals surface area contributed by atoms with Gasteiger partial charge in [0.15, 0.2) is 0 Å². The molecule has 6 nitrogen and oxygen atoms in total. The van der Waals surface area contributed by atoms with Gasteiger partial charge in [-0.2, -0.15) is 0 Å². The summed E-state index contributed by atoms with van der Waals surface area (Å²) in [6.45, 7) is 10.9. The molecule has 0 radical (unpaired) electrons. The summed E-state index contributed by atoms with van der Waals surface area (Å²) < 4.78 is 19.8. The number of morpholine rings is 1. The zero-order valence-electron chi connectivity index (χ0n) is 18.0. The summed E-state index contributed by atoms with van der Waals surface area (Å²) in [7, 11) is 0. The molecule has 6 heteroatoms. The van der Waals surface area contributed by atoms with Crippen molar-refractivity contribution in [2.75, 3.05) is 26.3 Å². The van der Waals surface area contributed by atoms with E-state index in [-0.39, 0.29) is 24.2 Å². The van der Waals surface area contributed by atoms with E-state index in [0.717, 1.165) is 36.1 Å². The summed E-state index contributed by atoms with van der Waals surface area (Å²) in [6.07, 6.45) is 5.21. The minimum absolute atomic E-state index is 0.0312. The topological polar surface area (TPSA) is 52.9 Å². The second kappa shape index (κ2) is 9.23. The number of ether oxygens (including phenoxy) is 3. The van der Waals surface area contributed by atoms with E-state index >= 15 is 0 Å². The minimum Gasteiger partial charge on any atom is -0.489 e. The van der Waals surface area contributed by atoms with Crippen LogP contribution in [0.1, 0.15) is 43.6 Å². The highest BCUT2D eigenvalue weighted by atomic mass is 16.5. The zero-order valence-corrected chi connectivity index (χ0v) is 18.0. The zero-order chi connectivity index (χ0) is 21.1. The Bertz CT molecular complexity index is 890. The molecular formula is C24H32N2O4. The van der Waals surface area contributed by atoms with Crippen LogP contribution in [-0.4, -0.2) is 60.0 Å². The van der Waals surface area contributed by atoms with Gasteiger partial charge in [0.1, 0.15) is 18.1 Å². The van der Waals surface area contributed by atoms with Crippen LogP contribution in [0.3, 0.4) is 0 Å². The number of carbonyl (C=O) groups excluding carboxylic acids is 1. The quantitative estimate of drug-likeness (QED) is 0.673. The molecule has 162 valence electrons. The predicted molar refractivity (Wildman–Crippen MR) is 117 cm³/mol. The lowest BCUT2D eigenvalue weighted by atomic mass is 10.1. The third kappa shape index (κ3) is 4.40. The number of carbonyl (C=O) groups is 1. The van der Waals surface area contributed by atoms with E-state index in [0.29, 0.717) is 31.9 Å². The van der Waals surface area contributed by atoms with Crippen LogP contribution in [0.25, 0.3) is 10.9 Å². The van der Waals surface area contributed by atoms with Crippen LogP contribution in [0.2, 0.25) is 0 Å². The number of rotatable bonds is 6. The van der Waals surface area contributed by atoms with Gasteiger partial charge in [0.2, 0.25) is 0 Å². The average molecular weight is 413 g/mol. The van der Waals surface area contributed by atoms with Gasteiger partial charge in [-0.1, -0.05) is 18.7 Å². The maximum atomic E-state index is 13.6. The number of fused-ring (bicyclic) bond motifs is 1. The Kier molecular flexibility index (Phi) is 6.44. The summed E-state index contributed by atoms with van der Waals surface area (Å²) in [5.74, 6) is 0.812. The molecule has 1 aromatic carbocycles. The Balaban J connectivity index is 1.72. The van der Waals surface area contributed by atoms with Gasteiger partial charge in [0, 0.05) is 31.6 Å². The third-order valence-corrected chi connectivity index (χ3v) is 5.85. The monoisotopic (exact) mass is 412 g/mol. The summed E-state index contributed by atoms with van der Waals surface area (Å²) in [5.41, 5.74) is 1.69. The van der Waals surface area contributed by atoms with Gasteiger partial charge in [-0.05, 0) is 51.3 Å². The molecule has 2 fully saturated rings. The van der Waals surface area contributed by atoms with E-state index in [1.54, 1.807) is 6.08 Å². The molecule has 30 heavy (non-hydrogen) atoms. The molecule has 2 saturated heterocycles. The molecule has 3 atom stereocenters. The maximum absolute atomic E-state index is 13.6. The van der Waals surface area contributed by atoms with Crippen LogP contribution in [0.4, 0.5) is 0 Å². The molecule has 1 amide bonds. The van der Waals surface area contributed by atoms with Gasteiger partial charge in [-0.25, -0.2) is 0 Å². The fraction of sp³-hybridized carbons (Fsp3) is 0.542. The van der Waals surface area contributed by atoms with E-state index in [1.165, 1.54) is 6.42 Å². The Morgan fingerprint density at radius 2 is 2.07 bits per heavy atom. The standard InChI is InChI=1S/C24H32N2O4/c1-4-11-29-23-10-7-9-21-20(23)13-22(26(21)16-19-8-5-6-12-28-19)24(27)25-14-17(2)30-18(3)15-25/h4,7,9-10,13,17-19H,1,5-6,8,11-12,14-16H2,2-3H3. The van der Waals surface area contributed by atoms with Gasteiger partial charge in [0.25, 0.3) is 5.91 Å². The fourth-order valence-corrected chi connectivity index (χ4v) is 4.57. The summed E-state index contributed by atoms with van der Waals surface area (Å²) in [6, 6.07) is 7.95. The number of nitrogens with zero attached hydrogens (tertiary/aromatic N) is 2. The normalized spacial score (nSPS) is 24.7. The molecular weight excluding hydrogens is 380 g/mol. The first-order chi connectivity index (χ1) is 14.6. The van der Waals surface area contributed by atoms with Gasteiger partial charge < -0.3 is 23.7 Å². The van der Waals surface area contributed by atoms with Crippen LogP contribution in [0, 0.1) is 0 Å². The van der Waals surface area contributed by atoms with Gasteiger partial charge >= 0.3 is 0 Å². The van der Waals surface area contributed by atoms with E-state index in [2.05, 4.69) is 17.2 Å². The Labute approximate surface area is 178 Å². The number of hydrogen-bond acceptors (Lipinski definition) is 4. The van der Waals surface area contributed by atoms with Crippen molar-refractivity contribution in [3.63, 3.8) is 0 Å². The van der Waals surface area contributed by atoms with Gasteiger partial charge in [0.05, 0.1) is 23.8 Å². The van der Waals surface area contributed by atoms with Crippen molar-refractivity contribution in [1.82, 2.24) is 9.47 Å².